The van der Waals surface area contributed by atoms with Gasteiger partial charge in [0, 0.05) is 43.0 Å². The summed E-state index contributed by atoms with van der Waals surface area (Å²) in [5.74, 6) is -0.310. The summed E-state index contributed by atoms with van der Waals surface area (Å²) in [5, 5.41) is 10.3. The minimum absolute atomic E-state index is 0.0270. The van der Waals surface area contributed by atoms with E-state index in [1.165, 1.54) is 24.3 Å². The SMILES string of the molecule is C[C@@H]1CN([C@@H](C)CO)C(=O)c2cccc(NS(=O)(=O)c3ccc(Cl)cc3)c2O[C@H]1CN(C)Cc1ccncc1. The third-order valence-corrected chi connectivity index (χ3v) is 8.39. The maximum atomic E-state index is 13.7. The van der Waals surface area contributed by atoms with Crippen molar-refractivity contribution in [2.75, 3.05) is 31.5 Å². The van der Waals surface area contributed by atoms with Gasteiger partial charge < -0.3 is 14.7 Å². The molecule has 0 radical (unpaired) electrons. The lowest BCUT2D eigenvalue weighted by atomic mass is 9.99. The topological polar surface area (TPSA) is 112 Å². The number of sulfonamides is 1. The number of nitrogens with zero attached hydrogens (tertiary/aromatic N) is 3. The lowest BCUT2D eigenvalue weighted by molar-refractivity contribution is 0.0344. The highest BCUT2D eigenvalue weighted by molar-refractivity contribution is 7.92. The van der Waals surface area contributed by atoms with E-state index in [2.05, 4.69) is 14.6 Å². The molecule has 9 nitrogen and oxygen atoms in total. The maximum absolute atomic E-state index is 13.7. The van der Waals surface area contributed by atoms with Gasteiger partial charge in [-0.3, -0.25) is 19.4 Å². The number of benzene rings is 2. The van der Waals surface area contributed by atoms with Crippen molar-refractivity contribution in [1.29, 1.82) is 0 Å². The third kappa shape index (κ3) is 6.88. The molecule has 2 heterocycles. The van der Waals surface area contributed by atoms with Crippen molar-refractivity contribution < 1.29 is 23.1 Å². The van der Waals surface area contributed by atoms with Crippen molar-refractivity contribution in [3.63, 3.8) is 0 Å². The summed E-state index contributed by atoms with van der Waals surface area (Å²) in [7, 11) is -2.02. The van der Waals surface area contributed by atoms with Crippen molar-refractivity contribution in [2.45, 2.75) is 37.4 Å². The lowest BCUT2D eigenvalue weighted by Gasteiger charge is -2.38. The first-order chi connectivity index (χ1) is 18.6. The molecule has 1 aliphatic heterocycles. The average molecular weight is 573 g/mol. The molecule has 0 saturated carbocycles. The van der Waals surface area contributed by atoms with Crippen LogP contribution in [0, 0.1) is 5.92 Å². The number of halogens is 1. The Kier molecular flexibility index (Phi) is 9.12. The van der Waals surface area contributed by atoms with Crippen LogP contribution in [-0.4, -0.2) is 73.1 Å². The number of hydrogen-bond acceptors (Lipinski definition) is 7. The molecule has 0 bridgehead atoms. The summed E-state index contributed by atoms with van der Waals surface area (Å²) < 4.78 is 35.6. The van der Waals surface area contributed by atoms with Gasteiger partial charge in [0.25, 0.3) is 15.9 Å². The normalized spacial score (nSPS) is 18.6. The van der Waals surface area contributed by atoms with Crippen LogP contribution in [0.1, 0.15) is 29.8 Å². The van der Waals surface area contributed by atoms with Gasteiger partial charge in [-0.2, -0.15) is 0 Å². The van der Waals surface area contributed by atoms with Gasteiger partial charge >= 0.3 is 0 Å². The second kappa shape index (κ2) is 12.3. The summed E-state index contributed by atoms with van der Waals surface area (Å²) in [6, 6.07) is 14.1. The first-order valence-corrected chi connectivity index (χ1v) is 14.5. The molecule has 0 saturated heterocycles. The summed E-state index contributed by atoms with van der Waals surface area (Å²) in [5.41, 5.74) is 1.47. The van der Waals surface area contributed by atoms with Crippen LogP contribution in [-0.2, 0) is 16.6 Å². The number of para-hydroxylation sites is 1. The molecule has 208 valence electrons. The summed E-state index contributed by atoms with van der Waals surface area (Å²) in [6.45, 7) is 5.10. The fourth-order valence-corrected chi connectivity index (χ4v) is 5.72. The monoisotopic (exact) mass is 572 g/mol. The third-order valence-electron chi connectivity index (χ3n) is 6.75. The van der Waals surface area contributed by atoms with Gasteiger partial charge in [-0.05, 0) is 68.1 Å². The van der Waals surface area contributed by atoms with E-state index in [1.54, 1.807) is 42.4 Å². The van der Waals surface area contributed by atoms with E-state index >= 15 is 0 Å². The number of aliphatic hydroxyl groups is 1. The number of aromatic nitrogens is 1. The van der Waals surface area contributed by atoms with E-state index < -0.39 is 22.2 Å². The number of carbonyl (C=O) groups is 1. The van der Waals surface area contributed by atoms with Crippen molar-refractivity contribution in [1.82, 2.24) is 14.8 Å². The van der Waals surface area contributed by atoms with Crippen LogP contribution in [0.25, 0.3) is 0 Å². The lowest BCUT2D eigenvalue weighted by Crippen LogP contribution is -2.49. The highest BCUT2D eigenvalue weighted by Crippen LogP contribution is 2.36. The molecule has 2 aromatic carbocycles. The van der Waals surface area contributed by atoms with Gasteiger partial charge in [-0.25, -0.2) is 8.42 Å². The fourth-order valence-electron chi connectivity index (χ4n) is 4.53. The Morgan fingerprint density at radius 2 is 1.87 bits per heavy atom. The van der Waals surface area contributed by atoms with Crippen molar-refractivity contribution in [2.24, 2.45) is 5.92 Å². The van der Waals surface area contributed by atoms with Crippen LogP contribution in [0.3, 0.4) is 0 Å². The molecule has 3 aromatic rings. The molecule has 11 heteroatoms. The standard InChI is InChI=1S/C28H33ClN4O5S/c1-19-15-33(20(2)18-34)28(35)24-5-4-6-25(31-39(36,37)23-9-7-22(29)8-10-23)27(24)38-26(19)17-32(3)16-21-11-13-30-14-12-21/h4-14,19-20,26,31,34H,15-18H2,1-3H3/t19-,20+,26+/m1/s1. The van der Waals surface area contributed by atoms with E-state index in [4.69, 9.17) is 16.3 Å². The second-order valence-corrected chi connectivity index (χ2v) is 12.0. The molecule has 0 aliphatic carbocycles. The predicted octanol–water partition coefficient (Wildman–Crippen LogP) is 3.89. The zero-order valence-electron chi connectivity index (χ0n) is 22.1. The van der Waals surface area contributed by atoms with Crippen molar-refractivity contribution in [3.8, 4) is 5.75 Å². The van der Waals surface area contributed by atoms with Gasteiger partial charge in [0.1, 0.15) is 6.10 Å². The highest BCUT2D eigenvalue weighted by Gasteiger charge is 2.35. The van der Waals surface area contributed by atoms with E-state index in [1.807, 2.05) is 26.1 Å². The number of nitrogens with one attached hydrogen (secondary N) is 1. The molecule has 2 N–H and O–H groups in total. The number of anilines is 1. The molecular formula is C28H33ClN4O5S. The van der Waals surface area contributed by atoms with Gasteiger partial charge in [-0.1, -0.05) is 24.6 Å². The molecule has 1 aromatic heterocycles. The van der Waals surface area contributed by atoms with Crippen LogP contribution in [0.4, 0.5) is 5.69 Å². The number of fused-ring (bicyclic) bond motifs is 1. The Balaban J connectivity index is 1.71. The van der Waals surface area contributed by atoms with Gasteiger partial charge in [0.05, 0.1) is 28.8 Å². The van der Waals surface area contributed by atoms with E-state index in [0.717, 1.165) is 5.56 Å². The van der Waals surface area contributed by atoms with Crippen LogP contribution in [0.15, 0.2) is 71.9 Å². The van der Waals surface area contributed by atoms with Crippen LogP contribution >= 0.6 is 11.6 Å². The Bertz CT molecular complexity index is 1390. The van der Waals surface area contributed by atoms with Crippen molar-refractivity contribution in [3.05, 3.63) is 83.1 Å². The van der Waals surface area contributed by atoms with E-state index in [9.17, 15) is 18.3 Å². The summed E-state index contributed by atoms with van der Waals surface area (Å²) in [6.07, 6.45) is 3.10. The highest BCUT2D eigenvalue weighted by atomic mass is 35.5. The van der Waals surface area contributed by atoms with E-state index in [0.29, 0.717) is 24.7 Å². The summed E-state index contributed by atoms with van der Waals surface area (Å²) >= 11 is 5.94. The van der Waals surface area contributed by atoms with Crippen LogP contribution < -0.4 is 9.46 Å². The number of amides is 1. The zero-order valence-corrected chi connectivity index (χ0v) is 23.7. The molecule has 3 atom stereocenters. The zero-order chi connectivity index (χ0) is 28.2. The number of ether oxygens (including phenoxy) is 1. The first-order valence-electron chi connectivity index (χ1n) is 12.7. The molecule has 0 unspecified atom stereocenters. The van der Waals surface area contributed by atoms with Crippen molar-refractivity contribution >= 4 is 33.2 Å². The maximum Gasteiger partial charge on any atom is 0.262 e. The Hall–Kier alpha value is -3.18. The fraction of sp³-hybridized carbons (Fsp3) is 0.357. The number of hydrogen-bond donors (Lipinski definition) is 2. The smallest absolute Gasteiger partial charge is 0.262 e. The average Bonchev–Trinajstić information content (AvgIpc) is 2.91. The largest absolute Gasteiger partial charge is 0.486 e. The molecule has 1 amide bonds. The minimum atomic E-state index is -4.00. The molecular weight excluding hydrogens is 540 g/mol. The van der Waals surface area contributed by atoms with E-state index in [-0.39, 0.29) is 40.3 Å². The molecule has 39 heavy (non-hydrogen) atoms. The van der Waals surface area contributed by atoms with Crippen LogP contribution in [0.5, 0.6) is 5.75 Å². The molecule has 0 spiro atoms. The number of aliphatic hydroxyl groups excluding tert-OH is 1. The van der Waals surface area contributed by atoms with Gasteiger partial charge in [0.15, 0.2) is 5.75 Å². The number of carbonyl (C=O) groups excluding carboxylic acids is 1. The number of likely N-dealkylation sites (N-methyl/N-ethyl adjacent to an activating group) is 1. The first kappa shape index (κ1) is 28.8. The molecule has 4 rings (SSSR count). The van der Waals surface area contributed by atoms with Crippen LogP contribution in [0.2, 0.25) is 5.02 Å². The van der Waals surface area contributed by atoms with Gasteiger partial charge in [0.2, 0.25) is 0 Å². The summed E-state index contributed by atoms with van der Waals surface area (Å²) in [4.78, 5) is 21.5. The Labute approximate surface area is 234 Å². The second-order valence-electron chi connectivity index (χ2n) is 9.92. The molecule has 1 aliphatic rings. The predicted molar refractivity (Wildman–Crippen MR) is 150 cm³/mol. The Morgan fingerprint density at radius 1 is 1.18 bits per heavy atom. The molecule has 0 fully saturated rings. The van der Waals surface area contributed by atoms with Gasteiger partial charge in [-0.15, -0.1) is 0 Å². The Morgan fingerprint density at radius 3 is 2.54 bits per heavy atom. The number of pyridine rings is 1. The quantitative estimate of drug-likeness (QED) is 0.400. The number of rotatable bonds is 9. The minimum Gasteiger partial charge on any atom is -0.486 e.